The second-order valence-electron chi connectivity index (χ2n) is 9.69. The van der Waals surface area contributed by atoms with Crippen LogP contribution >= 0.6 is 0 Å². The molecular formula is C25H28FN7O2. The minimum absolute atomic E-state index is 0.0104. The van der Waals surface area contributed by atoms with Gasteiger partial charge in [-0.15, -0.1) is 15.3 Å². The molecule has 0 spiro atoms. The van der Waals surface area contributed by atoms with Gasteiger partial charge in [-0.1, -0.05) is 6.07 Å². The van der Waals surface area contributed by atoms with Crippen LogP contribution in [0, 0.1) is 6.92 Å². The molecule has 3 fully saturated rings. The monoisotopic (exact) mass is 477 g/mol. The molecule has 3 aliphatic rings. The lowest BCUT2D eigenvalue weighted by molar-refractivity contribution is 0.171. The number of aromatic nitrogens is 5. The Kier molecular flexibility index (Phi) is 5.47. The Labute approximate surface area is 202 Å². The van der Waals surface area contributed by atoms with E-state index < -0.39 is 6.17 Å². The number of piperidine rings is 1. The zero-order chi connectivity index (χ0) is 24.1. The summed E-state index contributed by atoms with van der Waals surface area (Å²) in [5, 5.41) is 31.2. The van der Waals surface area contributed by atoms with E-state index >= 15 is 4.39 Å². The van der Waals surface area contributed by atoms with Gasteiger partial charge in [0.1, 0.15) is 23.4 Å². The first-order chi connectivity index (χ1) is 17.0. The minimum atomic E-state index is -0.934. The number of aryl methyl sites for hydroxylation is 1. The van der Waals surface area contributed by atoms with Gasteiger partial charge < -0.3 is 20.1 Å². The minimum Gasteiger partial charge on any atom is -0.507 e. The van der Waals surface area contributed by atoms with E-state index in [0.29, 0.717) is 45.9 Å². The van der Waals surface area contributed by atoms with Crippen LogP contribution in [0.1, 0.15) is 37.8 Å². The zero-order valence-corrected chi connectivity index (χ0v) is 19.7. The first-order valence-electron chi connectivity index (χ1n) is 12.1. The number of alkyl halides is 1. The highest BCUT2D eigenvalue weighted by Crippen LogP contribution is 2.40. The molecule has 4 heterocycles. The average molecular weight is 478 g/mol. The Morgan fingerprint density at radius 3 is 2.66 bits per heavy atom. The zero-order valence-electron chi connectivity index (χ0n) is 19.7. The normalized spacial score (nSPS) is 25.5. The molecule has 10 heteroatoms. The molecule has 1 aliphatic carbocycles. The highest BCUT2D eigenvalue weighted by molar-refractivity contribution is 5.71. The van der Waals surface area contributed by atoms with E-state index in [9.17, 15) is 5.11 Å². The highest BCUT2D eigenvalue weighted by Gasteiger charge is 2.48. The van der Waals surface area contributed by atoms with E-state index in [1.807, 2.05) is 13.0 Å². The molecule has 0 unspecified atom stereocenters. The van der Waals surface area contributed by atoms with Crippen molar-refractivity contribution >= 4 is 5.82 Å². The number of aromatic hydroxyl groups is 1. The van der Waals surface area contributed by atoms with Gasteiger partial charge in [-0.3, -0.25) is 0 Å². The topological polar surface area (TPSA) is 109 Å². The van der Waals surface area contributed by atoms with Gasteiger partial charge in [0.05, 0.1) is 30.6 Å². The van der Waals surface area contributed by atoms with Crippen LogP contribution in [-0.4, -0.2) is 67.9 Å². The van der Waals surface area contributed by atoms with Crippen LogP contribution < -0.4 is 15.0 Å². The summed E-state index contributed by atoms with van der Waals surface area (Å²) in [6.45, 7) is 1.82. The molecule has 1 saturated carbocycles. The van der Waals surface area contributed by atoms with E-state index in [-0.39, 0.29) is 23.9 Å². The third-order valence-corrected chi connectivity index (χ3v) is 7.35. The summed E-state index contributed by atoms with van der Waals surface area (Å²) in [6.07, 6.45) is 5.47. The first-order valence-corrected chi connectivity index (χ1v) is 12.1. The fourth-order valence-corrected chi connectivity index (χ4v) is 5.40. The SMILES string of the molecule is COc1cc(-c2ccc(-c3ncc(N(C4CC4)[C@H]4C[C@@H]5CC[C@@H](N5)[C@H]4F)nn3)c(O)c2)nnc1C. The van der Waals surface area contributed by atoms with Gasteiger partial charge >= 0.3 is 0 Å². The standard InChI is InChI=1S/C25H28FN7O2/c1-13-22(35-2)11-19(30-29-13)14-3-7-17(21(34)9-14)25-27-12-23(31-32-25)33(16-5-6-16)20-10-15-4-8-18(28-15)24(20)26/h3,7,9,11-12,15-16,18,20,24,28,34H,4-6,8,10H2,1-2H3/t15-,18+,20-,24+/m0/s1. The van der Waals surface area contributed by atoms with Crippen LogP contribution in [0.15, 0.2) is 30.5 Å². The molecule has 9 nitrogen and oxygen atoms in total. The van der Waals surface area contributed by atoms with Crippen molar-refractivity contribution in [3.63, 3.8) is 0 Å². The van der Waals surface area contributed by atoms with Crippen LogP contribution in [0.25, 0.3) is 22.6 Å². The molecule has 0 radical (unpaired) electrons. The number of fused-ring (bicyclic) bond motifs is 2. The number of anilines is 1. The van der Waals surface area contributed by atoms with E-state index in [1.165, 1.54) is 0 Å². The third-order valence-electron chi connectivity index (χ3n) is 7.35. The summed E-state index contributed by atoms with van der Waals surface area (Å²) in [5.74, 6) is 1.54. The van der Waals surface area contributed by atoms with Gasteiger partial charge in [-0.2, -0.15) is 5.10 Å². The van der Waals surface area contributed by atoms with Crippen molar-refractivity contribution in [3.8, 4) is 34.1 Å². The van der Waals surface area contributed by atoms with Gasteiger partial charge in [0.15, 0.2) is 11.6 Å². The second-order valence-corrected chi connectivity index (χ2v) is 9.69. The molecule has 2 saturated heterocycles. The van der Waals surface area contributed by atoms with Crippen LogP contribution in [0.3, 0.4) is 0 Å². The van der Waals surface area contributed by atoms with Gasteiger partial charge in [0, 0.05) is 29.8 Å². The Bertz CT molecular complexity index is 1240. The number of benzene rings is 1. The summed E-state index contributed by atoms with van der Waals surface area (Å²) < 4.78 is 20.6. The second kappa shape index (κ2) is 8.67. The molecule has 1 aromatic carbocycles. The molecular weight excluding hydrogens is 449 g/mol. The van der Waals surface area contributed by atoms with Crippen molar-refractivity contribution in [2.24, 2.45) is 0 Å². The van der Waals surface area contributed by atoms with Crippen molar-refractivity contribution in [3.05, 3.63) is 36.2 Å². The molecule has 3 aromatic rings. The predicted octanol–water partition coefficient (Wildman–Crippen LogP) is 3.22. The van der Waals surface area contributed by atoms with Crippen LogP contribution in [0.5, 0.6) is 11.5 Å². The lowest BCUT2D eigenvalue weighted by Gasteiger charge is -2.40. The molecule has 35 heavy (non-hydrogen) atoms. The number of hydrogen-bond donors (Lipinski definition) is 2. The number of methoxy groups -OCH3 is 1. The molecule has 2 bridgehead atoms. The number of rotatable bonds is 6. The number of halogens is 1. The van der Waals surface area contributed by atoms with Gasteiger partial charge in [0.25, 0.3) is 0 Å². The maximum absolute atomic E-state index is 15.3. The van der Waals surface area contributed by atoms with Crippen LogP contribution in [0.2, 0.25) is 0 Å². The maximum Gasteiger partial charge on any atom is 0.185 e. The summed E-state index contributed by atoms with van der Waals surface area (Å²) in [5.41, 5.74) is 2.42. The highest BCUT2D eigenvalue weighted by atomic mass is 19.1. The third kappa shape index (κ3) is 4.05. The fourth-order valence-electron chi connectivity index (χ4n) is 5.40. The maximum atomic E-state index is 15.3. The Hall–Kier alpha value is -3.40. The summed E-state index contributed by atoms with van der Waals surface area (Å²) in [4.78, 5) is 6.60. The largest absolute Gasteiger partial charge is 0.507 e. The number of ether oxygens (including phenoxy) is 1. The molecule has 6 rings (SSSR count). The lowest BCUT2D eigenvalue weighted by Crippen LogP contribution is -2.57. The number of hydrogen-bond acceptors (Lipinski definition) is 9. The molecule has 0 amide bonds. The molecule has 4 atom stereocenters. The smallest absolute Gasteiger partial charge is 0.185 e. The van der Waals surface area contributed by atoms with Crippen molar-refractivity contribution in [1.82, 2.24) is 30.7 Å². The van der Waals surface area contributed by atoms with Crippen LogP contribution in [0.4, 0.5) is 10.2 Å². The Morgan fingerprint density at radius 2 is 1.94 bits per heavy atom. The quantitative estimate of drug-likeness (QED) is 0.553. The van der Waals surface area contributed by atoms with Crippen molar-refractivity contribution in [2.75, 3.05) is 12.0 Å². The van der Waals surface area contributed by atoms with E-state index in [1.54, 1.807) is 31.5 Å². The molecule has 2 aromatic heterocycles. The van der Waals surface area contributed by atoms with Gasteiger partial charge in [-0.05, 0) is 51.2 Å². The molecule has 2 aliphatic heterocycles. The number of nitrogens with one attached hydrogen (secondary N) is 1. The number of phenolic OH excluding ortho intramolecular Hbond substituents is 1. The fraction of sp³-hybridized carbons (Fsp3) is 0.480. The number of phenols is 1. The average Bonchev–Trinajstić information content (AvgIpc) is 3.62. The first kappa shape index (κ1) is 22.1. The van der Waals surface area contributed by atoms with Crippen molar-refractivity contribution in [2.45, 2.75) is 69.4 Å². The van der Waals surface area contributed by atoms with Gasteiger partial charge in [0.2, 0.25) is 0 Å². The van der Waals surface area contributed by atoms with Gasteiger partial charge in [-0.25, -0.2) is 9.37 Å². The predicted molar refractivity (Wildman–Crippen MR) is 128 cm³/mol. The Morgan fingerprint density at radius 1 is 1.09 bits per heavy atom. The number of nitrogens with zero attached hydrogens (tertiary/aromatic N) is 6. The van der Waals surface area contributed by atoms with Crippen molar-refractivity contribution in [1.29, 1.82) is 0 Å². The van der Waals surface area contributed by atoms with E-state index in [4.69, 9.17) is 4.74 Å². The molecule has 2 N–H and O–H groups in total. The van der Waals surface area contributed by atoms with Crippen LogP contribution in [-0.2, 0) is 0 Å². The summed E-state index contributed by atoms with van der Waals surface area (Å²) >= 11 is 0. The lowest BCUT2D eigenvalue weighted by atomic mass is 9.96. The molecule has 182 valence electrons. The Balaban J connectivity index is 1.26. The summed E-state index contributed by atoms with van der Waals surface area (Å²) in [6, 6.07) is 7.31. The van der Waals surface area contributed by atoms with E-state index in [2.05, 4.69) is 35.6 Å². The van der Waals surface area contributed by atoms with Crippen molar-refractivity contribution < 1.29 is 14.2 Å². The van der Waals surface area contributed by atoms with E-state index in [0.717, 1.165) is 32.1 Å². The summed E-state index contributed by atoms with van der Waals surface area (Å²) in [7, 11) is 1.58.